The van der Waals surface area contributed by atoms with Crippen LogP contribution in [0, 0.1) is 29.6 Å². The number of carbonyl (C=O) groups excluding carboxylic acids is 1. The fraction of sp³-hybridized carbons (Fsp3) is 0.929. The van der Waals surface area contributed by atoms with Gasteiger partial charge in [-0.25, -0.2) is 0 Å². The minimum Gasteiger partial charge on any atom is -0.307 e. The molecule has 4 aliphatic carbocycles. The molecule has 0 radical (unpaired) electrons. The van der Waals surface area contributed by atoms with E-state index in [9.17, 15) is 4.79 Å². The first-order chi connectivity index (χ1) is 7.81. The van der Waals surface area contributed by atoms with Gasteiger partial charge in [-0.2, -0.15) is 0 Å². The summed E-state index contributed by atoms with van der Waals surface area (Å²) < 4.78 is 0. The second-order valence-corrected chi connectivity index (χ2v) is 6.66. The summed E-state index contributed by atoms with van der Waals surface area (Å²) in [5.74, 6) is 5.04. The van der Waals surface area contributed by atoms with Crippen LogP contribution in [-0.4, -0.2) is 18.4 Å². The molecule has 1 N–H and O–H groups in total. The summed E-state index contributed by atoms with van der Waals surface area (Å²) in [6.45, 7) is 0.937. The summed E-state index contributed by atoms with van der Waals surface area (Å²) >= 11 is 0. The van der Waals surface area contributed by atoms with Crippen LogP contribution in [0.5, 0.6) is 0 Å². The van der Waals surface area contributed by atoms with Gasteiger partial charge in [-0.15, -0.1) is 0 Å². The van der Waals surface area contributed by atoms with Gasteiger partial charge in [0.1, 0.15) is 0 Å². The molecule has 0 spiro atoms. The lowest BCUT2D eigenvalue weighted by atomic mass is 9.50. The van der Waals surface area contributed by atoms with E-state index in [2.05, 4.69) is 5.32 Å². The Balaban J connectivity index is 1.62. The lowest BCUT2D eigenvalue weighted by Crippen LogP contribution is -2.53. The number of rotatable bonds is 1. The van der Waals surface area contributed by atoms with Gasteiger partial charge in [0.05, 0.1) is 6.04 Å². The van der Waals surface area contributed by atoms with E-state index in [1.807, 2.05) is 0 Å². The molecule has 0 amide bonds. The molecule has 4 saturated carbocycles. The molecule has 88 valence electrons. The first-order valence-electron chi connectivity index (χ1n) is 7.07. The minimum atomic E-state index is 0.245. The number of carbonyl (C=O) groups is 1. The van der Waals surface area contributed by atoms with Crippen molar-refractivity contribution in [1.82, 2.24) is 5.32 Å². The van der Waals surface area contributed by atoms with E-state index >= 15 is 0 Å². The maximum Gasteiger partial charge on any atom is 0.151 e. The second-order valence-electron chi connectivity index (χ2n) is 6.66. The quantitative estimate of drug-likeness (QED) is 0.730. The highest BCUT2D eigenvalue weighted by Gasteiger charge is 2.52. The van der Waals surface area contributed by atoms with Crippen molar-refractivity contribution in [1.29, 1.82) is 0 Å². The van der Waals surface area contributed by atoms with Crippen LogP contribution in [0.4, 0.5) is 0 Å². The van der Waals surface area contributed by atoms with Crippen molar-refractivity contribution in [3.05, 3.63) is 0 Å². The smallest absolute Gasteiger partial charge is 0.151 e. The number of hydrogen-bond acceptors (Lipinski definition) is 2. The Hall–Kier alpha value is -0.370. The van der Waals surface area contributed by atoms with Gasteiger partial charge in [-0.1, -0.05) is 0 Å². The van der Waals surface area contributed by atoms with Crippen molar-refractivity contribution in [2.75, 3.05) is 6.54 Å². The lowest BCUT2D eigenvalue weighted by molar-refractivity contribution is -0.124. The molecular weight excluding hydrogens is 198 g/mol. The van der Waals surface area contributed by atoms with Gasteiger partial charge in [-0.3, -0.25) is 4.79 Å². The summed E-state index contributed by atoms with van der Waals surface area (Å²) in [6, 6.07) is 0.245. The third-order valence-electron chi connectivity index (χ3n) is 5.77. The highest BCUT2D eigenvalue weighted by atomic mass is 16.1. The Morgan fingerprint density at radius 2 is 1.56 bits per heavy atom. The van der Waals surface area contributed by atoms with Gasteiger partial charge >= 0.3 is 0 Å². The summed E-state index contributed by atoms with van der Waals surface area (Å²) in [6.07, 6.45) is 8.03. The summed E-state index contributed by atoms with van der Waals surface area (Å²) in [5, 5.41) is 3.48. The molecule has 0 aromatic heterocycles. The summed E-state index contributed by atoms with van der Waals surface area (Å²) in [7, 11) is 0. The van der Waals surface area contributed by atoms with E-state index in [-0.39, 0.29) is 6.04 Å². The molecular formula is C14H21NO. The van der Waals surface area contributed by atoms with E-state index in [0.29, 0.717) is 11.7 Å². The van der Waals surface area contributed by atoms with Gasteiger partial charge in [-0.05, 0) is 61.7 Å². The van der Waals surface area contributed by atoms with Crippen LogP contribution in [0.2, 0.25) is 0 Å². The van der Waals surface area contributed by atoms with Gasteiger partial charge in [0, 0.05) is 13.0 Å². The van der Waals surface area contributed by atoms with E-state index in [4.69, 9.17) is 0 Å². The monoisotopic (exact) mass is 219 g/mol. The number of Topliss-reactive ketones (excluding diaryl/α,β-unsaturated/α-hetero) is 1. The zero-order chi connectivity index (χ0) is 10.7. The molecule has 1 atom stereocenters. The molecule has 4 bridgehead atoms. The number of nitrogens with one attached hydrogen (secondary N) is 1. The Morgan fingerprint density at radius 3 is 2.06 bits per heavy atom. The van der Waals surface area contributed by atoms with E-state index in [1.165, 1.54) is 32.1 Å². The van der Waals surface area contributed by atoms with Crippen LogP contribution in [0.25, 0.3) is 0 Å². The van der Waals surface area contributed by atoms with E-state index in [0.717, 1.165) is 36.6 Å². The zero-order valence-corrected chi connectivity index (χ0v) is 9.82. The minimum absolute atomic E-state index is 0.245. The maximum absolute atomic E-state index is 11.9. The number of ketones is 1. The average Bonchev–Trinajstić information content (AvgIpc) is 2.63. The molecule has 2 heteroatoms. The van der Waals surface area contributed by atoms with E-state index < -0.39 is 0 Å². The van der Waals surface area contributed by atoms with E-state index in [1.54, 1.807) is 0 Å². The van der Waals surface area contributed by atoms with Crippen molar-refractivity contribution < 1.29 is 4.79 Å². The highest BCUT2D eigenvalue weighted by Crippen LogP contribution is 2.57. The third kappa shape index (κ3) is 1.25. The van der Waals surface area contributed by atoms with Crippen molar-refractivity contribution in [2.24, 2.45) is 29.6 Å². The zero-order valence-electron chi connectivity index (χ0n) is 9.82. The van der Waals surface area contributed by atoms with Crippen molar-refractivity contribution in [3.8, 4) is 0 Å². The van der Waals surface area contributed by atoms with Crippen molar-refractivity contribution in [3.63, 3.8) is 0 Å². The topological polar surface area (TPSA) is 29.1 Å². The molecule has 5 fully saturated rings. The molecule has 0 aromatic rings. The fourth-order valence-electron chi connectivity index (χ4n) is 5.48. The Bertz CT molecular complexity index is 297. The fourth-order valence-corrected chi connectivity index (χ4v) is 5.48. The third-order valence-corrected chi connectivity index (χ3v) is 5.77. The molecule has 2 nitrogen and oxygen atoms in total. The molecule has 16 heavy (non-hydrogen) atoms. The molecule has 1 unspecified atom stereocenters. The molecule has 1 saturated heterocycles. The van der Waals surface area contributed by atoms with Gasteiger partial charge in [0.15, 0.2) is 5.78 Å². The van der Waals surface area contributed by atoms with Gasteiger partial charge in [0.25, 0.3) is 0 Å². The lowest BCUT2D eigenvalue weighted by Gasteiger charge is -2.55. The Labute approximate surface area is 97.2 Å². The van der Waals surface area contributed by atoms with Crippen LogP contribution in [0.1, 0.15) is 38.5 Å². The van der Waals surface area contributed by atoms with Gasteiger partial charge in [0.2, 0.25) is 0 Å². The predicted molar refractivity (Wildman–Crippen MR) is 61.9 cm³/mol. The molecule has 5 aliphatic rings. The van der Waals surface area contributed by atoms with Crippen LogP contribution in [0.3, 0.4) is 0 Å². The van der Waals surface area contributed by atoms with Crippen molar-refractivity contribution >= 4 is 5.78 Å². The van der Waals surface area contributed by atoms with Gasteiger partial charge < -0.3 is 5.32 Å². The van der Waals surface area contributed by atoms with Crippen LogP contribution in [-0.2, 0) is 4.79 Å². The summed E-state index contributed by atoms with van der Waals surface area (Å²) in [4.78, 5) is 11.9. The van der Waals surface area contributed by atoms with Crippen LogP contribution < -0.4 is 5.32 Å². The van der Waals surface area contributed by atoms with Crippen molar-refractivity contribution in [2.45, 2.75) is 44.6 Å². The molecule has 5 rings (SSSR count). The van der Waals surface area contributed by atoms with Crippen LogP contribution in [0.15, 0.2) is 0 Å². The summed E-state index contributed by atoms with van der Waals surface area (Å²) in [5.41, 5.74) is 0. The average molecular weight is 219 g/mol. The molecule has 0 aromatic carbocycles. The number of hydrogen-bond donors (Lipinski definition) is 1. The standard InChI is InChI=1S/C14H21NO/c16-12-1-2-15-14(12)13-10-4-8-3-9(6-10)7-11(13)5-8/h8-11,13-15H,1-7H2. The maximum atomic E-state index is 11.9. The largest absolute Gasteiger partial charge is 0.307 e. The molecule has 1 aliphatic heterocycles. The molecule has 1 heterocycles. The Kier molecular flexibility index (Phi) is 2.00. The van der Waals surface area contributed by atoms with Crippen LogP contribution >= 0.6 is 0 Å². The normalized spacial score (nSPS) is 54.9. The SMILES string of the molecule is O=C1CCNC1C1C2CC3CC(C2)CC1C3. The Morgan fingerprint density at radius 1 is 0.938 bits per heavy atom. The second kappa shape index (κ2) is 3.32. The predicted octanol–water partition coefficient (Wildman–Crippen LogP) is 1.99. The highest BCUT2D eigenvalue weighted by molar-refractivity contribution is 5.86. The first kappa shape index (κ1) is 9.64. The first-order valence-corrected chi connectivity index (χ1v) is 7.07.